The van der Waals surface area contributed by atoms with E-state index in [1.54, 1.807) is 0 Å². The molecule has 0 spiro atoms. The highest BCUT2D eigenvalue weighted by Crippen LogP contribution is 2.29. The van der Waals surface area contributed by atoms with Gasteiger partial charge in [0.15, 0.2) is 0 Å². The standard InChI is InChI=1S/C12H20N2O/c1-12(2,3)15-11-8-9(14(4)5)6-7-10(11)13/h6-8H,13H2,1-5H3. The fourth-order valence-corrected chi connectivity index (χ4v) is 1.22. The third-order valence-corrected chi connectivity index (χ3v) is 1.93. The first-order valence-electron chi connectivity index (χ1n) is 5.05. The van der Waals surface area contributed by atoms with Gasteiger partial charge in [0.05, 0.1) is 5.69 Å². The van der Waals surface area contributed by atoms with Gasteiger partial charge in [0.25, 0.3) is 0 Å². The molecule has 0 heterocycles. The van der Waals surface area contributed by atoms with Crippen LogP contribution < -0.4 is 15.4 Å². The highest BCUT2D eigenvalue weighted by molar-refractivity contribution is 5.62. The van der Waals surface area contributed by atoms with Crippen LogP contribution >= 0.6 is 0 Å². The first kappa shape index (κ1) is 11.7. The van der Waals surface area contributed by atoms with Gasteiger partial charge in [-0.15, -0.1) is 0 Å². The van der Waals surface area contributed by atoms with Gasteiger partial charge >= 0.3 is 0 Å². The quantitative estimate of drug-likeness (QED) is 0.759. The summed E-state index contributed by atoms with van der Waals surface area (Å²) in [4.78, 5) is 2.02. The summed E-state index contributed by atoms with van der Waals surface area (Å²) in [6.07, 6.45) is 0. The average molecular weight is 208 g/mol. The molecule has 1 rings (SSSR count). The summed E-state index contributed by atoms with van der Waals surface area (Å²) in [5, 5.41) is 0. The molecule has 1 aromatic carbocycles. The van der Waals surface area contributed by atoms with Crippen molar-refractivity contribution in [3.05, 3.63) is 18.2 Å². The average Bonchev–Trinajstić information content (AvgIpc) is 2.06. The molecule has 0 amide bonds. The van der Waals surface area contributed by atoms with E-state index in [1.807, 2.05) is 58.0 Å². The van der Waals surface area contributed by atoms with Crippen molar-refractivity contribution in [1.82, 2.24) is 0 Å². The van der Waals surface area contributed by atoms with E-state index in [1.165, 1.54) is 0 Å². The van der Waals surface area contributed by atoms with Gasteiger partial charge < -0.3 is 15.4 Å². The van der Waals surface area contributed by atoms with Crippen LogP contribution in [0.1, 0.15) is 20.8 Å². The minimum absolute atomic E-state index is 0.223. The van der Waals surface area contributed by atoms with Crippen molar-refractivity contribution in [3.63, 3.8) is 0 Å². The van der Waals surface area contributed by atoms with E-state index in [-0.39, 0.29) is 5.60 Å². The number of benzene rings is 1. The maximum atomic E-state index is 5.85. The second-order valence-corrected chi connectivity index (χ2v) is 4.83. The van der Waals surface area contributed by atoms with Gasteiger partial charge in [-0.05, 0) is 32.9 Å². The number of hydrogen-bond donors (Lipinski definition) is 1. The number of hydrogen-bond acceptors (Lipinski definition) is 3. The molecule has 0 aromatic heterocycles. The lowest BCUT2D eigenvalue weighted by Crippen LogP contribution is -2.23. The van der Waals surface area contributed by atoms with Gasteiger partial charge in [-0.2, -0.15) is 0 Å². The molecular formula is C12H20N2O. The number of nitrogen functional groups attached to an aromatic ring is 1. The predicted octanol–water partition coefficient (Wildman–Crippen LogP) is 2.51. The number of rotatable bonds is 2. The van der Waals surface area contributed by atoms with E-state index in [2.05, 4.69) is 0 Å². The SMILES string of the molecule is CN(C)c1ccc(N)c(OC(C)(C)C)c1. The van der Waals surface area contributed by atoms with Gasteiger partial charge in [0.1, 0.15) is 11.4 Å². The number of ether oxygens (including phenoxy) is 1. The molecule has 3 heteroatoms. The van der Waals surface area contributed by atoms with Crippen LogP contribution in [0.15, 0.2) is 18.2 Å². The molecule has 0 aliphatic heterocycles. The Balaban J connectivity index is 3.01. The van der Waals surface area contributed by atoms with Crippen molar-refractivity contribution in [3.8, 4) is 5.75 Å². The second-order valence-electron chi connectivity index (χ2n) is 4.83. The lowest BCUT2D eigenvalue weighted by atomic mass is 10.2. The molecular weight excluding hydrogens is 188 g/mol. The van der Waals surface area contributed by atoms with Crippen molar-refractivity contribution in [2.45, 2.75) is 26.4 Å². The molecule has 0 fully saturated rings. The van der Waals surface area contributed by atoms with Crippen molar-refractivity contribution in [1.29, 1.82) is 0 Å². The molecule has 0 aliphatic carbocycles. The molecule has 15 heavy (non-hydrogen) atoms. The zero-order valence-corrected chi connectivity index (χ0v) is 10.2. The lowest BCUT2D eigenvalue weighted by molar-refractivity contribution is 0.132. The predicted molar refractivity (Wildman–Crippen MR) is 65.6 cm³/mol. The normalized spacial score (nSPS) is 11.3. The van der Waals surface area contributed by atoms with Gasteiger partial charge in [0, 0.05) is 25.8 Å². The van der Waals surface area contributed by atoms with Gasteiger partial charge in [-0.1, -0.05) is 0 Å². The number of nitrogens with two attached hydrogens (primary N) is 1. The van der Waals surface area contributed by atoms with Crippen molar-refractivity contribution >= 4 is 11.4 Å². The van der Waals surface area contributed by atoms with Gasteiger partial charge in [-0.3, -0.25) is 0 Å². The third-order valence-electron chi connectivity index (χ3n) is 1.93. The van der Waals surface area contributed by atoms with Gasteiger partial charge in [0.2, 0.25) is 0 Å². The van der Waals surface area contributed by atoms with E-state index >= 15 is 0 Å². The van der Waals surface area contributed by atoms with E-state index in [4.69, 9.17) is 10.5 Å². The Labute approximate surface area is 91.8 Å². The Morgan fingerprint density at radius 3 is 2.27 bits per heavy atom. The van der Waals surface area contributed by atoms with Crippen LogP contribution in [0, 0.1) is 0 Å². The molecule has 1 aromatic rings. The number of nitrogens with zero attached hydrogens (tertiary/aromatic N) is 1. The van der Waals surface area contributed by atoms with E-state index in [0.29, 0.717) is 5.69 Å². The van der Waals surface area contributed by atoms with Crippen molar-refractivity contribution < 1.29 is 4.74 Å². The Morgan fingerprint density at radius 2 is 1.80 bits per heavy atom. The van der Waals surface area contributed by atoms with Crippen LogP contribution in [-0.4, -0.2) is 19.7 Å². The molecule has 0 radical (unpaired) electrons. The largest absolute Gasteiger partial charge is 0.486 e. The molecule has 84 valence electrons. The Bertz CT molecular complexity index is 340. The van der Waals surface area contributed by atoms with Gasteiger partial charge in [-0.25, -0.2) is 0 Å². The van der Waals surface area contributed by atoms with Crippen LogP contribution in [0.2, 0.25) is 0 Å². The monoisotopic (exact) mass is 208 g/mol. The lowest BCUT2D eigenvalue weighted by Gasteiger charge is -2.23. The molecule has 0 aliphatic rings. The summed E-state index contributed by atoms with van der Waals surface area (Å²) >= 11 is 0. The maximum absolute atomic E-state index is 5.85. The fourth-order valence-electron chi connectivity index (χ4n) is 1.22. The fraction of sp³-hybridized carbons (Fsp3) is 0.500. The van der Waals surface area contributed by atoms with Crippen LogP contribution in [0.25, 0.3) is 0 Å². The molecule has 2 N–H and O–H groups in total. The smallest absolute Gasteiger partial charge is 0.145 e. The molecule has 0 atom stereocenters. The van der Waals surface area contributed by atoms with Crippen molar-refractivity contribution in [2.24, 2.45) is 0 Å². The third kappa shape index (κ3) is 3.35. The Kier molecular flexibility index (Phi) is 3.12. The first-order valence-corrected chi connectivity index (χ1v) is 5.05. The first-order chi connectivity index (χ1) is 6.79. The molecule has 0 unspecified atom stereocenters. The Morgan fingerprint density at radius 1 is 1.20 bits per heavy atom. The minimum atomic E-state index is -0.223. The summed E-state index contributed by atoms with van der Waals surface area (Å²) in [6.45, 7) is 6.03. The maximum Gasteiger partial charge on any atom is 0.145 e. The summed E-state index contributed by atoms with van der Waals surface area (Å²) in [7, 11) is 3.98. The second kappa shape index (κ2) is 4.01. The minimum Gasteiger partial charge on any atom is -0.486 e. The molecule has 3 nitrogen and oxygen atoms in total. The zero-order chi connectivity index (χ0) is 11.6. The topological polar surface area (TPSA) is 38.5 Å². The highest BCUT2D eigenvalue weighted by atomic mass is 16.5. The van der Waals surface area contributed by atoms with Crippen molar-refractivity contribution in [2.75, 3.05) is 24.7 Å². The molecule has 0 saturated carbocycles. The van der Waals surface area contributed by atoms with Crippen LogP contribution in [0.5, 0.6) is 5.75 Å². The van der Waals surface area contributed by atoms with E-state index in [9.17, 15) is 0 Å². The number of anilines is 2. The summed E-state index contributed by atoms with van der Waals surface area (Å²) in [6, 6.07) is 5.81. The van der Waals surface area contributed by atoms with E-state index in [0.717, 1.165) is 11.4 Å². The summed E-state index contributed by atoms with van der Waals surface area (Å²) < 4.78 is 5.77. The molecule has 0 bridgehead atoms. The van der Waals surface area contributed by atoms with Crippen LogP contribution in [0.3, 0.4) is 0 Å². The zero-order valence-electron chi connectivity index (χ0n) is 10.2. The molecule has 0 saturated heterocycles. The van der Waals surface area contributed by atoms with E-state index < -0.39 is 0 Å². The van der Waals surface area contributed by atoms with Crippen LogP contribution in [0.4, 0.5) is 11.4 Å². The Hall–Kier alpha value is -1.38. The summed E-state index contributed by atoms with van der Waals surface area (Å²) in [5.74, 6) is 0.744. The summed E-state index contributed by atoms with van der Waals surface area (Å²) in [5.41, 5.74) is 7.39. The highest BCUT2D eigenvalue weighted by Gasteiger charge is 2.14. The van der Waals surface area contributed by atoms with Crippen LogP contribution in [-0.2, 0) is 0 Å².